The summed E-state index contributed by atoms with van der Waals surface area (Å²) in [5, 5.41) is 13.0. The molecule has 1 aliphatic carbocycles. The van der Waals surface area contributed by atoms with Crippen LogP contribution in [0.5, 0.6) is 0 Å². The van der Waals surface area contributed by atoms with Gasteiger partial charge in [0.05, 0.1) is 12.7 Å². The Hall–Kier alpha value is -0.120. The maximum atomic E-state index is 9.69. The molecule has 3 atom stereocenters. The highest BCUT2D eigenvalue weighted by Gasteiger charge is 2.20. The van der Waals surface area contributed by atoms with Gasteiger partial charge in [0, 0.05) is 13.2 Å². The predicted octanol–water partition coefficient (Wildman–Crippen LogP) is 2.19. The molecule has 17 heavy (non-hydrogen) atoms. The first-order valence-corrected chi connectivity index (χ1v) is 7.18. The average molecular weight is 243 g/mol. The molecule has 3 nitrogen and oxygen atoms in total. The van der Waals surface area contributed by atoms with E-state index in [0.717, 1.165) is 37.8 Å². The molecule has 0 amide bonds. The SMILES string of the molecule is CCCCOCC(O)CNCC1CCC(C)C1. The number of ether oxygens (including phenoxy) is 1. The van der Waals surface area contributed by atoms with Crippen molar-refractivity contribution in [1.82, 2.24) is 5.32 Å². The van der Waals surface area contributed by atoms with Gasteiger partial charge in [0.25, 0.3) is 0 Å². The Bertz CT molecular complexity index is 187. The van der Waals surface area contributed by atoms with Crippen molar-refractivity contribution in [1.29, 1.82) is 0 Å². The van der Waals surface area contributed by atoms with Crippen molar-refractivity contribution >= 4 is 0 Å². The van der Waals surface area contributed by atoms with Crippen LogP contribution >= 0.6 is 0 Å². The maximum Gasteiger partial charge on any atom is 0.0897 e. The first kappa shape index (κ1) is 14.9. The molecule has 0 heterocycles. The molecule has 0 saturated heterocycles. The van der Waals surface area contributed by atoms with Gasteiger partial charge < -0.3 is 15.2 Å². The van der Waals surface area contributed by atoms with Crippen LogP contribution in [0.15, 0.2) is 0 Å². The summed E-state index contributed by atoms with van der Waals surface area (Å²) in [6, 6.07) is 0. The Balaban J connectivity index is 1.91. The highest BCUT2D eigenvalue weighted by atomic mass is 16.5. The summed E-state index contributed by atoms with van der Waals surface area (Å²) in [6.07, 6.45) is 5.93. The van der Waals surface area contributed by atoms with Crippen LogP contribution in [-0.4, -0.2) is 37.5 Å². The molecule has 3 unspecified atom stereocenters. The zero-order valence-electron chi connectivity index (χ0n) is 11.5. The van der Waals surface area contributed by atoms with Crippen molar-refractivity contribution < 1.29 is 9.84 Å². The van der Waals surface area contributed by atoms with Gasteiger partial charge in [-0.05, 0) is 37.6 Å². The number of unbranched alkanes of at least 4 members (excludes halogenated alkanes) is 1. The molecule has 0 aliphatic heterocycles. The quantitative estimate of drug-likeness (QED) is 0.610. The van der Waals surface area contributed by atoms with Gasteiger partial charge in [0.1, 0.15) is 0 Å². The van der Waals surface area contributed by atoms with Gasteiger partial charge in [-0.3, -0.25) is 0 Å². The monoisotopic (exact) mass is 243 g/mol. The number of nitrogens with one attached hydrogen (secondary N) is 1. The molecule has 102 valence electrons. The highest BCUT2D eigenvalue weighted by Crippen LogP contribution is 2.29. The molecule has 0 aromatic rings. The van der Waals surface area contributed by atoms with Gasteiger partial charge in [-0.1, -0.05) is 26.7 Å². The zero-order chi connectivity index (χ0) is 12.5. The molecule has 1 saturated carbocycles. The molecule has 1 fully saturated rings. The summed E-state index contributed by atoms with van der Waals surface area (Å²) in [7, 11) is 0. The number of rotatable bonds is 9. The maximum absolute atomic E-state index is 9.69. The Kier molecular flexibility index (Phi) is 7.82. The summed E-state index contributed by atoms with van der Waals surface area (Å²) in [4.78, 5) is 0. The zero-order valence-corrected chi connectivity index (χ0v) is 11.5. The standard InChI is InChI=1S/C14H29NO2/c1-3-4-7-17-11-14(16)10-15-9-13-6-5-12(2)8-13/h12-16H,3-11H2,1-2H3. The third-order valence-corrected chi connectivity index (χ3v) is 3.57. The molecule has 1 rings (SSSR count). The third-order valence-electron chi connectivity index (χ3n) is 3.57. The summed E-state index contributed by atoms with van der Waals surface area (Å²) >= 11 is 0. The lowest BCUT2D eigenvalue weighted by Gasteiger charge is -2.15. The molecule has 2 N–H and O–H groups in total. The van der Waals surface area contributed by atoms with Crippen LogP contribution in [0.3, 0.4) is 0 Å². The van der Waals surface area contributed by atoms with Gasteiger partial charge in [0.15, 0.2) is 0 Å². The van der Waals surface area contributed by atoms with Crippen LogP contribution in [-0.2, 0) is 4.74 Å². The van der Waals surface area contributed by atoms with E-state index in [-0.39, 0.29) is 6.10 Å². The molecule has 0 radical (unpaired) electrons. The molecule has 1 aliphatic rings. The fraction of sp³-hybridized carbons (Fsp3) is 1.00. The minimum absolute atomic E-state index is 0.356. The minimum atomic E-state index is -0.356. The Morgan fingerprint density at radius 3 is 2.88 bits per heavy atom. The Morgan fingerprint density at radius 2 is 2.24 bits per heavy atom. The molecule has 0 spiro atoms. The van der Waals surface area contributed by atoms with Crippen molar-refractivity contribution in [3.63, 3.8) is 0 Å². The minimum Gasteiger partial charge on any atom is -0.389 e. The van der Waals surface area contributed by atoms with E-state index in [1.54, 1.807) is 0 Å². The molecule has 0 aromatic carbocycles. The fourth-order valence-corrected chi connectivity index (χ4v) is 2.49. The number of aliphatic hydroxyl groups excluding tert-OH is 1. The van der Waals surface area contributed by atoms with E-state index in [1.165, 1.54) is 19.3 Å². The Labute approximate surface area is 106 Å². The van der Waals surface area contributed by atoms with E-state index in [2.05, 4.69) is 19.2 Å². The lowest BCUT2D eigenvalue weighted by molar-refractivity contribution is 0.0355. The number of hydrogen-bond donors (Lipinski definition) is 2. The smallest absolute Gasteiger partial charge is 0.0897 e. The third kappa shape index (κ3) is 7.02. The van der Waals surface area contributed by atoms with Crippen LogP contribution < -0.4 is 5.32 Å². The first-order chi connectivity index (χ1) is 8.22. The molecule has 0 bridgehead atoms. The number of aliphatic hydroxyl groups is 1. The second kappa shape index (κ2) is 8.90. The van der Waals surface area contributed by atoms with Crippen LogP contribution in [0.4, 0.5) is 0 Å². The van der Waals surface area contributed by atoms with E-state index in [1.807, 2.05) is 0 Å². The summed E-state index contributed by atoms with van der Waals surface area (Å²) in [5.41, 5.74) is 0. The van der Waals surface area contributed by atoms with Crippen molar-refractivity contribution in [3.8, 4) is 0 Å². The average Bonchev–Trinajstić information content (AvgIpc) is 2.71. The van der Waals surface area contributed by atoms with Crippen LogP contribution in [0.2, 0.25) is 0 Å². The second-order valence-electron chi connectivity index (χ2n) is 5.52. The second-order valence-corrected chi connectivity index (χ2v) is 5.52. The van der Waals surface area contributed by atoms with Crippen molar-refractivity contribution in [3.05, 3.63) is 0 Å². The first-order valence-electron chi connectivity index (χ1n) is 7.18. The number of hydrogen-bond acceptors (Lipinski definition) is 3. The van der Waals surface area contributed by atoms with Crippen LogP contribution in [0.25, 0.3) is 0 Å². The summed E-state index contributed by atoms with van der Waals surface area (Å²) < 4.78 is 5.39. The van der Waals surface area contributed by atoms with Crippen molar-refractivity contribution in [2.75, 3.05) is 26.3 Å². The van der Waals surface area contributed by atoms with Gasteiger partial charge in [-0.2, -0.15) is 0 Å². The summed E-state index contributed by atoms with van der Waals surface area (Å²) in [5.74, 6) is 1.71. The van der Waals surface area contributed by atoms with E-state index in [0.29, 0.717) is 13.2 Å². The van der Waals surface area contributed by atoms with E-state index in [9.17, 15) is 5.11 Å². The lowest BCUT2D eigenvalue weighted by atomic mass is 10.1. The van der Waals surface area contributed by atoms with Gasteiger partial charge in [0.2, 0.25) is 0 Å². The van der Waals surface area contributed by atoms with E-state index < -0.39 is 0 Å². The summed E-state index contributed by atoms with van der Waals surface area (Å²) in [6.45, 7) is 7.43. The van der Waals surface area contributed by atoms with Crippen LogP contribution in [0, 0.1) is 11.8 Å². The lowest BCUT2D eigenvalue weighted by Crippen LogP contribution is -2.33. The molecular weight excluding hydrogens is 214 g/mol. The van der Waals surface area contributed by atoms with Crippen molar-refractivity contribution in [2.24, 2.45) is 11.8 Å². The van der Waals surface area contributed by atoms with E-state index in [4.69, 9.17) is 4.74 Å². The predicted molar refractivity (Wildman–Crippen MR) is 71.1 cm³/mol. The normalized spacial score (nSPS) is 26.3. The van der Waals surface area contributed by atoms with Gasteiger partial charge in [-0.15, -0.1) is 0 Å². The van der Waals surface area contributed by atoms with Crippen LogP contribution in [0.1, 0.15) is 46.0 Å². The molecule has 3 heteroatoms. The largest absolute Gasteiger partial charge is 0.389 e. The topological polar surface area (TPSA) is 41.5 Å². The highest BCUT2D eigenvalue weighted by molar-refractivity contribution is 4.74. The fourth-order valence-electron chi connectivity index (χ4n) is 2.49. The Morgan fingerprint density at radius 1 is 1.41 bits per heavy atom. The molecule has 0 aromatic heterocycles. The van der Waals surface area contributed by atoms with E-state index >= 15 is 0 Å². The van der Waals surface area contributed by atoms with Crippen molar-refractivity contribution in [2.45, 2.75) is 52.1 Å². The van der Waals surface area contributed by atoms with Gasteiger partial charge in [-0.25, -0.2) is 0 Å². The molecular formula is C14H29NO2. The van der Waals surface area contributed by atoms with Gasteiger partial charge >= 0.3 is 0 Å².